The zero-order chi connectivity index (χ0) is 18.1. The third-order valence-electron chi connectivity index (χ3n) is 4.56. The van der Waals surface area contributed by atoms with Gasteiger partial charge >= 0.3 is 0 Å². The predicted octanol–water partition coefficient (Wildman–Crippen LogP) is 4.45. The number of carbonyl (C=O) groups excluding carboxylic acids is 1. The molecular weight excluding hydrogens is 352 g/mol. The lowest BCUT2D eigenvalue weighted by atomic mass is 9.92. The first-order chi connectivity index (χ1) is 12.0. The Morgan fingerprint density at radius 1 is 1.28 bits per heavy atom. The summed E-state index contributed by atoms with van der Waals surface area (Å²) in [6.45, 7) is 9.12. The second-order valence-corrected chi connectivity index (χ2v) is 8.81. The number of nitrogens with one attached hydrogen (secondary N) is 1. The molecule has 5 heteroatoms. The Labute approximate surface area is 161 Å². The topological polar surface area (TPSA) is 32.3 Å². The summed E-state index contributed by atoms with van der Waals surface area (Å²) in [6, 6.07) is 7.81. The first kappa shape index (κ1) is 20.6. The predicted molar refractivity (Wildman–Crippen MR) is 109 cm³/mol. The van der Waals surface area contributed by atoms with Gasteiger partial charge in [-0.2, -0.15) is 0 Å². The zero-order valence-corrected chi connectivity index (χ0v) is 17.0. The number of likely N-dealkylation sites (tertiary alicyclic amines) is 1. The lowest BCUT2D eigenvalue weighted by Crippen LogP contribution is -2.39. The number of halogens is 1. The quantitative estimate of drug-likeness (QED) is 0.640. The number of unbranched alkanes of at least 4 members (excludes halogenated alkanes) is 1. The van der Waals surface area contributed by atoms with Gasteiger partial charge in [-0.15, -0.1) is 11.8 Å². The van der Waals surface area contributed by atoms with Gasteiger partial charge in [0.15, 0.2) is 0 Å². The first-order valence-electron chi connectivity index (χ1n) is 9.34. The molecule has 25 heavy (non-hydrogen) atoms. The van der Waals surface area contributed by atoms with Crippen molar-refractivity contribution < 1.29 is 4.79 Å². The van der Waals surface area contributed by atoms with Crippen LogP contribution in [0.3, 0.4) is 0 Å². The number of rotatable bonds is 9. The van der Waals surface area contributed by atoms with Crippen LogP contribution in [0, 0.1) is 11.8 Å². The molecule has 1 amide bonds. The SMILES string of the molecule is CC1CC(C)CN(CCCCNC(=O)CSCc2cccc(Cl)c2)C1. The maximum Gasteiger partial charge on any atom is 0.230 e. The average molecular weight is 383 g/mol. The van der Waals surface area contributed by atoms with Gasteiger partial charge in [0, 0.05) is 30.4 Å². The van der Waals surface area contributed by atoms with Gasteiger partial charge in [0.1, 0.15) is 0 Å². The van der Waals surface area contributed by atoms with E-state index in [1.165, 1.54) is 19.5 Å². The fraction of sp³-hybridized carbons (Fsp3) is 0.650. The summed E-state index contributed by atoms with van der Waals surface area (Å²) in [5.41, 5.74) is 1.16. The molecule has 0 radical (unpaired) electrons. The highest BCUT2D eigenvalue weighted by Gasteiger charge is 2.20. The summed E-state index contributed by atoms with van der Waals surface area (Å²) in [7, 11) is 0. The van der Waals surface area contributed by atoms with Crippen molar-refractivity contribution in [3.63, 3.8) is 0 Å². The third kappa shape index (κ3) is 8.48. The normalized spacial score (nSPS) is 21.2. The number of thioether (sulfide) groups is 1. The van der Waals surface area contributed by atoms with Crippen LogP contribution >= 0.6 is 23.4 Å². The Kier molecular flexibility index (Phi) is 9.14. The highest BCUT2D eigenvalue weighted by molar-refractivity contribution is 7.99. The first-order valence-corrected chi connectivity index (χ1v) is 10.9. The van der Waals surface area contributed by atoms with Gasteiger partial charge in [0.2, 0.25) is 5.91 Å². The minimum atomic E-state index is 0.132. The van der Waals surface area contributed by atoms with Crippen molar-refractivity contribution in [2.24, 2.45) is 11.8 Å². The molecule has 1 heterocycles. The van der Waals surface area contributed by atoms with Crippen molar-refractivity contribution in [1.29, 1.82) is 0 Å². The van der Waals surface area contributed by atoms with Crippen LogP contribution in [0.15, 0.2) is 24.3 Å². The van der Waals surface area contributed by atoms with Gasteiger partial charge in [0.05, 0.1) is 5.75 Å². The van der Waals surface area contributed by atoms with Crippen LogP contribution in [-0.2, 0) is 10.5 Å². The largest absolute Gasteiger partial charge is 0.355 e. The van der Waals surface area contributed by atoms with E-state index < -0.39 is 0 Å². The average Bonchev–Trinajstić information content (AvgIpc) is 2.54. The van der Waals surface area contributed by atoms with Crippen LogP contribution in [0.1, 0.15) is 38.7 Å². The molecule has 1 saturated heterocycles. The van der Waals surface area contributed by atoms with E-state index in [4.69, 9.17) is 11.6 Å². The van der Waals surface area contributed by atoms with E-state index in [0.29, 0.717) is 5.75 Å². The number of carbonyl (C=O) groups is 1. The van der Waals surface area contributed by atoms with E-state index in [-0.39, 0.29) is 5.91 Å². The van der Waals surface area contributed by atoms with E-state index >= 15 is 0 Å². The van der Waals surface area contributed by atoms with Crippen molar-refractivity contribution >= 4 is 29.3 Å². The molecule has 3 nitrogen and oxygen atoms in total. The van der Waals surface area contributed by atoms with Crippen LogP contribution in [0.5, 0.6) is 0 Å². The van der Waals surface area contributed by atoms with Gasteiger partial charge in [-0.3, -0.25) is 4.79 Å². The number of hydrogen-bond donors (Lipinski definition) is 1. The monoisotopic (exact) mass is 382 g/mol. The molecule has 1 aliphatic heterocycles. The van der Waals surface area contributed by atoms with E-state index in [2.05, 4.69) is 24.1 Å². The summed E-state index contributed by atoms with van der Waals surface area (Å²) >= 11 is 7.60. The fourth-order valence-corrected chi connectivity index (χ4v) is 4.62. The van der Waals surface area contributed by atoms with E-state index in [1.54, 1.807) is 11.8 Å². The van der Waals surface area contributed by atoms with Gasteiger partial charge < -0.3 is 10.2 Å². The van der Waals surface area contributed by atoms with Gasteiger partial charge in [-0.25, -0.2) is 0 Å². The molecule has 140 valence electrons. The lowest BCUT2D eigenvalue weighted by molar-refractivity contribution is -0.118. The van der Waals surface area contributed by atoms with Crippen molar-refractivity contribution in [2.75, 3.05) is 31.9 Å². The molecule has 2 unspecified atom stereocenters. The number of nitrogens with zero attached hydrogens (tertiary/aromatic N) is 1. The highest BCUT2D eigenvalue weighted by atomic mass is 35.5. The van der Waals surface area contributed by atoms with E-state index in [9.17, 15) is 4.79 Å². The van der Waals surface area contributed by atoms with Gasteiger partial charge in [-0.1, -0.05) is 37.6 Å². The molecule has 1 N–H and O–H groups in total. The van der Waals surface area contributed by atoms with Crippen LogP contribution in [0.25, 0.3) is 0 Å². The number of hydrogen-bond acceptors (Lipinski definition) is 3. The Hall–Kier alpha value is -0.710. The van der Waals surface area contributed by atoms with Gasteiger partial charge in [-0.05, 0) is 55.3 Å². The molecule has 0 aliphatic carbocycles. The van der Waals surface area contributed by atoms with Crippen molar-refractivity contribution in [1.82, 2.24) is 10.2 Å². The molecule has 0 spiro atoms. The van der Waals surface area contributed by atoms with Crippen LogP contribution < -0.4 is 5.32 Å². The zero-order valence-electron chi connectivity index (χ0n) is 15.5. The van der Waals surface area contributed by atoms with Crippen LogP contribution in [0.4, 0.5) is 0 Å². The lowest BCUT2D eigenvalue weighted by Gasteiger charge is -2.34. The molecular formula is C20H31ClN2OS. The smallest absolute Gasteiger partial charge is 0.230 e. The molecule has 0 aromatic heterocycles. The maximum absolute atomic E-state index is 11.9. The molecule has 2 atom stereocenters. The summed E-state index contributed by atoms with van der Waals surface area (Å²) in [5, 5.41) is 3.78. The summed E-state index contributed by atoms with van der Waals surface area (Å²) in [4.78, 5) is 14.5. The second kappa shape index (κ2) is 11.1. The minimum absolute atomic E-state index is 0.132. The molecule has 1 aliphatic rings. The molecule has 1 aromatic rings. The molecule has 0 saturated carbocycles. The number of benzene rings is 1. The second-order valence-electron chi connectivity index (χ2n) is 7.39. The Balaban J connectivity index is 1.49. The summed E-state index contributed by atoms with van der Waals surface area (Å²) in [5.74, 6) is 3.10. The fourth-order valence-electron chi connectivity index (χ4n) is 3.60. The highest BCUT2D eigenvalue weighted by Crippen LogP contribution is 2.21. The molecule has 1 fully saturated rings. The number of amides is 1. The standard InChI is InChI=1S/C20H31ClN2OS/c1-16-10-17(2)13-23(12-16)9-4-3-8-22-20(24)15-25-14-18-6-5-7-19(21)11-18/h5-7,11,16-17H,3-4,8-10,12-15H2,1-2H3,(H,22,24). The number of piperidine rings is 1. The Morgan fingerprint density at radius 2 is 2.04 bits per heavy atom. The Bertz CT molecular complexity index is 530. The Morgan fingerprint density at radius 3 is 2.76 bits per heavy atom. The van der Waals surface area contributed by atoms with Crippen LogP contribution in [0.2, 0.25) is 5.02 Å². The van der Waals surface area contributed by atoms with Crippen LogP contribution in [-0.4, -0.2) is 42.7 Å². The van der Waals surface area contributed by atoms with Crippen molar-refractivity contribution in [3.8, 4) is 0 Å². The van der Waals surface area contributed by atoms with Crippen molar-refractivity contribution in [2.45, 2.75) is 38.9 Å². The summed E-state index contributed by atoms with van der Waals surface area (Å²) in [6.07, 6.45) is 3.58. The molecule has 2 rings (SSSR count). The van der Waals surface area contributed by atoms with Gasteiger partial charge in [0.25, 0.3) is 0 Å². The van der Waals surface area contributed by atoms with Crippen molar-refractivity contribution in [3.05, 3.63) is 34.9 Å². The summed E-state index contributed by atoms with van der Waals surface area (Å²) < 4.78 is 0. The third-order valence-corrected chi connectivity index (χ3v) is 5.80. The molecule has 1 aromatic carbocycles. The minimum Gasteiger partial charge on any atom is -0.355 e. The maximum atomic E-state index is 11.9. The van der Waals surface area contributed by atoms with E-state index in [1.807, 2.05) is 24.3 Å². The van der Waals surface area contributed by atoms with E-state index in [0.717, 1.165) is 54.1 Å². The molecule has 0 bridgehead atoms.